The zero-order chi connectivity index (χ0) is 16.0. The molecule has 4 heteroatoms. The summed E-state index contributed by atoms with van der Waals surface area (Å²) in [7, 11) is -3.37. The van der Waals surface area contributed by atoms with Crippen molar-refractivity contribution in [1.82, 2.24) is 4.31 Å². The summed E-state index contributed by atoms with van der Waals surface area (Å²) in [6.07, 6.45) is 3.56. The normalized spacial score (nSPS) is 25.8. The fraction of sp³-hybridized carbons (Fsp3) is 0.368. The van der Waals surface area contributed by atoms with Crippen LogP contribution in [0.15, 0.2) is 53.4 Å². The molecule has 2 heterocycles. The molecule has 23 heavy (non-hydrogen) atoms. The van der Waals surface area contributed by atoms with Gasteiger partial charge in [-0.1, -0.05) is 48.0 Å². The Morgan fingerprint density at radius 3 is 2.65 bits per heavy atom. The second-order valence-electron chi connectivity index (χ2n) is 6.72. The van der Waals surface area contributed by atoms with Gasteiger partial charge in [0.05, 0.1) is 4.90 Å². The van der Waals surface area contributed by atoms with Crippen LogP contribution >= 0.6 is 0 Å². The van der Waals surface area contributed by atoms with E-state index in [1.165, 1.54) is 5.56 Å². The van der Waals surface area contributed by atoms with E-state index in [-0.39, 0.29) is 12.1 Å². The second-order valence-corrected chi connectivity index (χ2v) is 8.54. The van der Waals surface area contributed by atoms with Gasteiger partial charge in [0.15, 0.2) is 0 Å². The summed E-state index contributed by atoms with van der Waals surface area (Å²) in [5, 5.41) is 0. The Hall–Kier alpha value is -1.65. The first-order valence-corrected chi connectivity index (χ1v) is 9.67. The molecule has 120 valence electrons. The van der Waals surface area contributed by atoms with E-state index in [0.717, 1.165) is 36.8 Å². The molecule has 4 rings (SSSR count). The van der Waals surface area contributed by atoms with Crippen molar-refractivity contribution in [2.24, 2.45) is 0 Å². The molecule has 0 N–H and O–H groups in total. The lowest BCUT2D eigenvalue weighted by molar-refractivity contribution is 0.307. The Labute approximate surface area is 138 Å². The Kier molecular flexibility index (Phi) is 3.54. The quantitative estimate of drug-likeness (QED) is 0.848. The predicted octanol–water partition coefficient (Wildman–Crippen LogP) is 3.32. The lowest BCUT2D eigenvalue weighted by Gasteiger charge is -2.34. The zero-order valence-corrected chi connectivity index (χ0v) is 14.1. The molecule has 0 bridgehead atoms. The summed E-state index contributed by atoms with van der Waals surface area (Å²) >= 11 is 0. The SMILES string of the molecule is Cc1ccc2c(c1)C[C@@H]1CC[C@H](Cc3ccccc3)N1S2(=O)=O. The van der Waals surface area contributed by atoms with Gasteiger partial charge in [0, 0.05) is 12.1 Å². The third kappa shape index (κ3) is 2.50. The van der Waals surface area contributed by atoms with E-state index in [1.54, 1.807) is 10.4 Å². The van der Waals surface area contributed by atoms with Crippen molar-refractivity contribution in [3.63, 3.8) is 0 Å². The summed E-state index contributed by atoms with van der Waals surface area (Å²) in [5.41, 5.74) is 3.33. The maximum Gasteiger partial charge on any atom is 0.243 e. The molecule has 0 unspecified atom stereocenters. The van der Waals surface area contributed by atoms with Gasteiger partial charge in [0.2, 0.25) is 10.0 Å². The standard InChI is InChI=1S/C19H21NO2S/c1-14-7-10-19-16(11-14)13-18-9-8-17(20(18)23(19,21)22)12-15-5-3-2-4-6-15/h2-7,10-11,17-18H,8-9,12-13H2,1H3/t17-,18+/m1/s1. The lowest BCUT2D eigenvalue weighted by Crippen LogP contribution is -2.46. The molecule has 2 aromatic rings. The van der Waals surface area contributed by atoms with Crippen LogP contribution in [0.1, 0.15) is 29.5 Å². The molecule has 0 aromatic heterocycles. The van der Waals surface area contributed by atoms with Gasteiger partial charge in [-0.3, -0.25) is 0 Å². The number of fused-ring (bicyclic) bond motifs is 2. The molecule has 0 saturated carbocycles. The lowest BCUT2D eigenvalue weighted by atomic mass is 10.0. The van der Waals surface area contributed by atoms with Crippen LogP contribution in [0.2, 0.25) is 0 Å². The van der Waals surface area contributed by atoms with Crippen LogP contribution in [0.3, 0.4) is 0 Å². The number of hydrogen-bond acceptors (Lipinski definition) is 2. The Morgan fingerprint density at radius 2 is 1.87 bits per heavy atom. The maximum absolute atomic E-state index is 13.1. The molecular weight excluding hydrogens is 306 g/mol. The van der Waals surface area contributed by atoms with E-state index in [2.05, 4.69) is 12.1 Å². The van der Waals surface area contributed by atoms with Gasteiger partial charge in [-0.25, -0.2) is 8.42 Å². The van der Waals surface area contributed by atoms with E-state index in [4.69, 9.17) is 0 Å². The molecule has 0 spiro atoms. The largest absolute Gasteiger partial charge is 0.243 e. The first-order valence-electron chi connectivity index (χ1n) is 8.23. The van der Waals surface area contributed by atoms with Gasteiger partial charge in [-0.2, -0.15) is 4.31 Å². The molecule has 3 nitrogen and oxygen atoms in total. The van der Waals surface area contributed by atoms with Gasteiger partial charge >= 0.3 is 0 Å². The average Bonchev–Trinajstić information content (AvgIpc) is 2.91. The van der Waals surface area contributed by atoms with Crippen LogP contribution in [-0.2, 0) is 22.9 Å². The van der Waals surface area contributed by atoms with Crippen molar-refractivity contribution in [1.29, 1.82) is 0 Å². The summed E-state index contributed by atoms with van der Waals surface area (Å²) in [6.45, 7) is 2.02. The number of benzene rings is 2. The molecule has 2 atom stereocenters. The van der Waals surface area contributed by atoms with E-state index in [0.29, 0.717) is 4.90 Å². The smallest absolute Gasteiger partial charge is 0.207 e. The second kappa shape index (κ2) is 5.46. The minimum Gasteiger partial charge on any atom is -0.207 e. The molecule has 2 aromatic carbocycles. The predicted molar refractivity (Wildman–Crippen MR) is 90.9 cm³/mol. The number of hydrogen-bond donors (Lipinski definition) is 0. The summed E-state index contributed by atoms with van der Waals surface area (Å²) in [6, 6.07) is 16.1. The van der Waals surface area contributed by atoms with Gasteiger partial charge in [0.1, 0.15) is 0 Å². The molecular formula is C19H21NO2S. The van der Waals surface area contributed by atoms with E-state index in [1.807, 2.05) is 37.3 Å². The third-order valence-electron chi connectivity index (χ3n) is 5.09. The number of sulfonamides is 1. The van der Waals surface area contributed by atoms with Gasteiger partial charge in [0.25, 0.3) is 0 Å². The van der Waals surface area contributed by atoms with Crippen molar-refractivity contribution in [2.75, 3.05) is 0 Å². The first kappa shape index (κ1) is 14.9. The van der Waals surface area contributed by atoms with Gasteiger partial charge < -0.3 is 0 Å². The van der Waals surface area contributed by atoms with E-state index < -0.39 is 10.0 Å². The highest BCUT2D eigenvalue weighted by Crippen LogP contribution is 2.40. The topological polar surface area (TPSA) is 37.4 Å². The van der Waals surface area contributed by atoms with Crippen molar-refractivity contribution in [3.8, 4) is 0 Å². The molecule has 2 aliphatic heterocycles. The molecule has 1 saturated heterocycles. The Balaban J connectivity index is 1.70. The van der Waals surface area contributed by atoms with Gasteiger partial charge in [-0.05, 0) is 49.8 Å². The summed E-state index contributed by atoms with van der Waals surface area (Å²) in [5.74, 6) is 0. The van der Waals surface area contributed by atoms with Crippen molar-refractivity contribution in [2.45, 2.75) is 49.6 Å². The first-order chi connectivity index (χ1) is 11.1. The summed E-state index contributed by atoms with van der Waals surface area (Å²) < 4.78 is 28.1. The van der Waals surface area contributed by atoms with Crippen LogP contribution in [0, 0.1) is 6.92 Å². The highest BCUT2D eigenvalue weighted by Gasteiger charge is 2.46. The number of rotatable bonds is 2. The maximum atomic E-state index is 13.1. The number of aryl methyl sites for hydroxylation is 1. The Bertz CT molecular complexity index is 830. The molecule has 0 amide bonds. The summed E-state index contributed by atoms with van der Waals surface area (Å²) in [4.78, 5) is 0.513. The molecule has 2 aliphatic rings. The van der Waals surface area contributed by atoms with Gasteiger partial charge in [-0.15, -0.1) is 0 Å². The minimum absolute atomic E-state index is 0.0850. The molecule has 0 aliphatic carbocycles. The van der Waals surface area contributed by atoms with Crippen LogP contribution in [-0.4, -0.2) is 24.8 Å². The number of nitrogens with zero attached hydrogens (tertiary/aromatic N) is 1. The molecule has 0 radical (unpaired) electrons. The highest BCUT2D eigenvalue weighted by atomic mass is 32.2. The minimum atomic E-state index is -3.37. The fourth-order valence-corrected chi connectivity index (χ4v) is 6.17. The Morgan fingerprint density at radius 1 is 1.09 bits per heavy atom. The fourth-order valence-electron chi connectivity index (χ4n) is 4.09. The average molecular weight is 327 g/mol. The van der Waals surface area contributed by atoms with Crippen LogP contribution in [0.25, 0.3) is 0 Å². The van der Waals surface area contributed by atoms with Crippen molar-refractivity contribution >= 4 is 10.0 Å². The van der Waals surface area contributed by atoms with Crippen molar-refractivity contribution < 1.29 is 8.42 Å². The zero-order valence-electron chi connectivity index (χ0n) is 13.3. The molecule has 1 fully saturated rings. The monoisotopic (exact) mass is 327 g/mol. The van der Waals surface area contributed by atoms with E-state index >= 15 is 0 Å². The van der Waals surface area contributed by atoms with Crippen LogP contribution in [0.5, 0.6) is 0 Å². The van der Waals surface area contributed by atoms with Crippen molar-refractivity contribution in [3.05, 3.63) is 65.2 Å². The van der Waals surface area contributed by atoms with Crippen LogP contribution in [0.4, 0.5) is 0 Å². The van der Waals surface area contributed by atoms with E-state index in [9.17, 15) is 8.42 Å². The van der Waals surface area contributed by atoms with Crippen LogP contribution < -0.4 is 0 Å². The highest BCUT2D eigenvalue weighted by molar-refractivity contribution is 7.89. The third-order valence-corrected chi connectivity index (χ3v) is 7.20.